The predicted octanol–water partition coefficient (Wildman–Crippen LogP) is 2.69. The van der Waals surface area contributed by atoms with Gasteiger partial charge in [-0.15, -0.1) is 0 Å². The molecule has 9 nitrogen and oxygen atoms in total. The molecule has 1 spiro atoms. The zero-order valence-corrected chi connectivity index (χ0v) is 24.7. The summed E-state index contributed by atoms with van der Waals surface area (Å²) in [5.41, 5.74) is 1.85. The van der Waals surface area contributed by atoms with Crippen molar-refractivity contribution in [2.24, 2.45) is 5.92 Å². The van der Waals surface area contributed by atoms with E-state index in [2.05, 4.69) is 10.6 Å². The van der Waals surface area contributed by atoms with Crippen LogP contribution in [0.3, 0.4) is 0 Å². The summed E-state index contributed by atoms with van der Waals surface area (Å²) in [6.07, 6.45) is -0.365. The lowest BCUT2D eigenvalue weighted by molar-refractivity contribution is -0.149. The van der Waals surface area contributed by atoms with Crippen LogP contribution in [0, 0.1) is 5.92 Å². The maximum absolute atomic E-state index is 16.1. The summed E-state index contributed by atoms with van der Waals surface area (Å²) < 4.78 is 22.7. The molecule has 0 unspecified atom stereocenters. The van der Waals surface area contributed by atoms with E-state index < -0.39 is 31.6 Å². The second-order valence-electron chi connectivity index (χ2n) is 12.2. The van der Waals surface area contributed by atoms with Crippen LogP contribution in [0.5, 0.6) is 0 Å². The highest BCUT2D eigenvalue weighted by Crippen LogP contribution is 2.59. The molecule has 5 atom stereocenters. The van der Waals surface area contributed by atoms with E-state index in [1.165, 1.54) is 0 Å². The van der Waals surface area contributed by atoms with Gasteiger partial charge < -0.3 is 34.4 Å². The molecule has 2 aromatic carbocycles. The van der Waals surface area contributed by atoms with E-state index in [0.717, 1.165) is 11.1 Å². The van der Waals surface area contributed by atoms with Crippen LogP contribution < -0.4 is 15.5 Å². The largest absolute Gasteiger partial charge is 0.394 e. The summed E-state index contributed by atoms with van der Waals surface area (Å²) in [6, 6.07) is 12.9. The average Bonchev–Trinajstić information content (AvgIpc) is 3.40. The van der Waals surface area contributed by atoms with Gasteiger partial charge in [-0.3, -0.25) is 14.4 Å². The number of anilines is 2. The second-order valence-corrected chi connectivity index (χ2v) is 16.0. The molecule has 4 aliphatic heterocycles. The number of fused-ring (bicyclic) bond motifs is 3. The zero-order valence-electron chi connectivity index (χ0n) is 23.7. The highest BCUT2D eigenvalue weighted by molar-refractivity contribution is 6.72. The van der Waals surface area contributed by atoms with E-state index in [1.54, 1.807) is 35.0 Å². The summed E-state index contributed by atoms with van der Waals surface area (Å²) in [7, 11) is -3.45. The van der Waals surface area contributed by atoms with Crippen LogP contribution in [0.15, 0.2) is 42.5 Å². The van der Waals surface area contributed by atoms with E-state index in [-0.39, 0.29) is 43.3 Å². The smallest absolute Gasteiger partial charge is 0.261 e. The Morgan fingerprint density at radius 1 is 1.20 bits per heavy atom. The molecule has 4 aliphatic rings. The standard InChI is InChI=1S/C30H37FN4O5Si/c1-18-28(41(2,3)31)25(14-26(37)35-16-20-7-5-4-6-19(20)12-22(35)17-36)40-30(18)23-13-21(8-9-24(23)33-29(30)39)34-11-10-32-15-27(34)38/h4-9,13,18,22,25,28,32,36H,10-12,14-17H2,1-3H3,(H,33,39)/t18-,22-,25+,28-,30+/m0/s1. The van der Waals surface area contributed by atoms with Gasteiger partial charge in [0.1, 0.15) is 0 Å². The molecule has 2 fully saturated rings. The number of benzene rings is 2. The molecule has 41 heavy (non-hydrogen) atoms. The molecule has 0 bridgehead atoms. The SMILES string of the molecule is C[C@H]1[C@H]([Si](C)(C)F)[C@@H](CC(=O)N2Cc3ccccc3C[C@H]2CO)O[C@]12C(=O)Nc1ccc(N3CCNCC3=O)cc12. The molecule has 0 radical (unpaired) electrons. The first-order chi connectivity index (χ1) is 19.5. The molecule has 2 aromatic rings. The first-order valence-corrected chi connectivity index (χ1v) is 17.3. The Morgan fingerprint density at radius 3 is 2.66 bits per heavy atom. The first kappa shape index (κ1) is 28.0. The van der Waals surface area contributed by atoms with Crippen molar-refractivity contribution in [2.45, 2.75) is 62.7 Å². The number of ether oxygens (including phenoxy) is 1. The van der Waals surface area contributed by atoms with Gasteiger partial charge in [0.15, 0.2) is 5.60 Å². The number of hydrogen-bond donors (Lipinski definition) is 3. The maximum Gasteiger partial charge on any atom is 0.261 e. The number of piperazine rings is 1. The van der Waals surface area contributed by atoms with E-state index in [1.807, 2.05) is 37.3 Å². The summed E-state index contributed by atoms with van der Waals surface area (Å²) in [4.78, 5) is 43.5. The number of amides is 3. The minimum Gasteiger partial charge on any atom is -0.394 e. The van der Waals surface area contributed by atoms with Crippen molar-refractivity contribution in [3.8, 4) is 0 Å². The Kier molecular flexibility index (Phi) is 7.04. The van der Waals surface area contributed by atoms with E-state index in [0.29, 0.717) is 43.0 Å². The molecule has 6 rings (SSSR count). The van der Waals surface area contributed by atoms with Gasteiger partial charge in [-0.2, -0.15) is 0 Å². The minimum atomic E-state index is -3.45. The van der Waals surface area contributed by atoms with Crippen molar-refractivity contribution < 1.29 is 28.3 Å². The lowest BCUT2D eigenvalue weighted by atomic mass is 9.82. The zero-order chi connectivity index (χ0) is 29.1. The van der Waals surface area contributed by atoms with E-state index in [9.17, 15) is 19.5 Å². The van der Waals surface area contributed by atoms with Crippen LogP contribution >= 0.6 is 0 Å². The van der Waals surface area contributed by atoms with Crippen LogP contribution in [0.25, 0.3) is 0 Å². The molecule has 3 amide bonds. The molecule has 0 aliphatic carbocycles. The lowest BCUT2D eigenvalue weighted by Gasteiger charge is -2.37. The number of nitrogens with one attached hydrogen (secondary N) is 2. The van der Waals surface area contributed by atoms with Crippen LogP contribution in [-0.4, -0.2) is 74.5 Å². The molecule has 218 valence electrons. The van der Waals surface area contributed by atoms with Crippen molar-refractivity contribution in [3.05, 3.63) is 59.2 Å². The fourth-order valence-electron chi connectivity index (χ4n) is 7.43. The van der Waals surface area contributed by atoms with Crippen LogP contribution in [0.2, 0.25) is 18.6 Å². The number of aliphatic hydroxyl groups is 1. The topological polar surface area (TPSA) is 111 Å². The number of aliphatic hydroxyl groups excluding tert-OH is 1. The van der Waals surface area contributed by atoms with Gasteiger partial charge >= 0.3 is 0 Å². The molecular formula is C30H37FN4O5Si. The van der Waals surface area contributed by atoms with Gasteiger partial charge in [0, 0.05) is 48.0 Å². The third-order valence-corrected chi connectivity index (χ3v) is 11.8. The lowest BCUT2D eigenvalue weighted by Crippen LogP contribution is -2.48. The number of carbonyl (C=O) groups is 3. The predicted molar refractivity (Wildman–Crippen MR) is 155 cm³/mol. The minimum absolute atomic E-state index is 0.0666. The number of halogens is 1. The van der Waals surface area contributed by atoms with Crippen molar-refractivity contribution in [1.29, 1.82) is 0 Å². The first-order valence-electron chi connectivity index (χ1n) is 14.4. The molecule has 3 N–H and O–H groups in total. The van der Waals surface area contributed by atoms with Gasteiger partial charge in [0.2, 0.25) is 20.2 Å². The number of rotatable bonds is 5. The molecule has 0 aromatic heterocycles. The fraction of sp³-hybridized carbons (Fsp3) is 0.500. The summed E-state index contributed by atoms with van der Waals surface area (Å²) in [5.74, 6) is -1.21. The highest BCUT2D eigenvalue weighted by Gasteiger charge is 2.65. The van der Waals surface area contributed by atoms with Crippen LogP contribution in [0.4, 0.5) is 15.5 Å². The van der Waals surface area contributed by atoms with Crippen molar-refractivity contribution in [1.82, 2.24) is 10.2 Å². The van der Waals surface area contributed by atoms with E-state index >= 15 is 4.11 Å². The third kappa shape index (κ3) is 4.59. The number of nitrogens with zero attached hydrogens (tertiary/aromatic N) is 2. The quantitative estimate of drug-likeness (QED) is 0.371. The van der Waals surface area contributed by atoms with Crippen molar-refractivity contribution in [2.75, 3.05) is 36.5 Å². The normalized spacial score (nSPS) is 29.5. The van der Waals surface area contributed by atoms with Crippen LogP contribution in [-0.2, 0) is 37.7 Å². The van der Waals surface area contributed by atoms with Gasteiger partial charge in [-0.1, -0.05) is 31.2 Å². The highest BCUT2D eigenvalue weighted by atomic mass is 28.4. The molecular weight excluding hydrogens is 543 g/mol. The molecule has 0 saturated carbocycles. The number of carbonyl (C=O) groups excluding carboxylic acids is 3. The van der Waals surface area contributed by atoms with E-state index in [4.69, 9.17) is 4.74 Å². The Balaban J connectivity index is 1.33. The summed E-state index contributed by atoms with van der Waals surface area (Å²) >= 11 is 0. The van der Waals surface area contributed by atoms with Gasteiger partial charge in [-0.25, -0.2) is 0 Å². The Hall–Kier alpha value is -3.12. The Labute approximate surface area is 240 Å². The monoisotopic (exact) mass is 580 g/mol. The average molecular weight is 581 g/mol. The second kappa shape index (κ2) is 10.3. The molecule has 4 heterocycles. The van der Waals surface area contributed by atoms with Crippen LogP contribution in [0.1, 0.15) is 30.0 Å². The van der Waals surface area contributed by atoms with Gasteiger partial charge in [0.25, 0.3) is 5.91 Å². The third-order valence-electron chi connectivity index (χ3n) is 9.36. The Morgan fingerprint density at radius 2 is 1.95 bits per heavy atom. The number of hydrogen-bond acceptors (Lipinski definition) is 6. The van der Waals surface area contributed by atoms with Gasteiger partial charge in [-0.05, 0) is 48.8 Å². The Bertz CT molecular complexity index is 1400. The summed E-state index contributed by atoms with van der Waals surface area (Å²) in [6.45, 7) is 6.61. The maximum atomic E-state index is 16.1. The van der Waals surface area contributed by atoms with Crippen molar-refractivity contribution in [3.63, 3.8) is 0 Å². The van der Waals surface area contributed by atoms with Crippen molar-refractivity contribution >= 4 is 37.5 Å². The molecule has 11 heteroatoms. The fourth-order valence-corrected chi connectivity index (χ4v) is 9.93. The summed E-state index contributed by atoms with van der Waals surface area (Å²) in [5, 5.41) is 16.1. The van der Waals surface area contributed by atoms with Gasteiger partial charge in [0.05, 0.1) is 31.7 Å². The molecule has 2 saturated heterocycles.